The number of aliphatic carboxylic acids is 1. The highest BCUT2D eigenvalue weighted by Gasteiger charge is 2.38. The molecule has 1 aliphatic rings. The first-order chi connectivity index (χ1) is 10.6. The van der Waals surface area contributed by atoms with Crippen molar-refractivity contribution in [3.8, 4) is 0 Å². The number of carboxylic acid groups (broad SMARTS) is 1. The quantitative estimate of drug-likeness (QED) is 0.333. The Morgan fingerprint density at radius 2 is 1.96 bits per heavy atom. The van der Waals surface area contributed by atoms with Gasteiger partial charge in [-0.2, -0.15) is 0 Å². The fraction of sp³-hybridized carbons (Fsp3) is 0.692. The normalized spacial score (nSPS) is 21.3. The molecule has 0 aromatic heterocycles. The lowest BCUT2D eigenvalue weighted by molar-refractivity contribution is -0.146. The Kier molecular flexibility index (Phi) is 6.46. The lowest BCUT2D eigenvalue weighted by Gasteiger charge is -2.28. The third kappa shape index (κ3) is 4.89. The van der Waals surface area contributed by atoms with Crippen molar-refractivity contribution in [2.24, 2.45) is 11.5 Å². The van der Waals surface area contributed by atoms with Gasteiger partial charge in [0.1, 0.15) is 6.04 Å². The molecule has 10 heteroatoms. The topological polar surface area (TPSA) is 176 Å². The van der Waals surface area contributed by atoms with E-state index in [0.29, 0.717) is 12.8 Å². The highest BCUT2D eigenvalue weighted by Crippen LogP contribution is 2.19. The smallest absolute Gasteiger partial charge is 0.328 e. The summed E-state index contributed by atoms with van der Waals surface area (Å²) in [6, 6.07) is -3.51. The van der Waals surface area contributed by atoms with Crippen LogP contribution in [0.15, 0.2) is 0 Å². The molecule has 10 nitrogen and oxygen atoms in total. The lowest BCUT2D eigenvalue weighted by Crippen LogP contribution is -2.56. The molecule has 0 saturated carbocycles. The van der Waals surface area contributed by atoms with E-state index in [9.17, 15) is 24.3 Å². The van der Waals surface area contributed by atoms with Crippen molar-refractivity contribution in [3.63, 3.8) is 0 Å². The summed E-state index contributed by atoms with van der Waals surface area (Å²) in [5.41, 5.74) is 10.6. The van der Waals surface area contributed by atoms with Crippen LogP contribution in [-0.2, 0) is 19.2 Å². The maximum atomic E-state index is 12.2. The number of carbonyl (C=O) groups excluding carboxylic acids is 3. The van der Waals surface area contributed by atoms with Crippen molar-refractivity contribution in [2.45, 2.75) is 50.4 Å². The Balaban J connectivity index is 2.77. The van der Waals surface area contributed by atoms with Gasteiger partial charge in [0, 0.05) is 6.54 Å². The molecule has 130 valence electrons. The van der Waals surface area contributed by atoms with Gasteiger partial charge in [-0.15, -0.1) is 0 Å². The third-order valence-electron chi connectivity index (χ3n) is 3.62. The SMILES string of the molecule is C[C@@H](O)[C@H](NC(=O)[C@@H]1CCCN1C(=O)[C@@H](N)CC(N)=O)C(=O)O. The van der Waals surface area contributed by atoms with Gasteiger partial charge in [-0.3, -0.25) is 14.4 Å². The summed E-state index contributed by atoms with van der Waals surface area (Å²) in [5, 5.41) is 20.6. The minimum Gasteiger partial charge on any atom is -0.480 e. The lowest BCUT2D eigenvalue weighted by atomic mass is 10.1. The van der Waals surface area contributed by atoms with Crippen molar-refractivity contribution in [1.29, 1.82) is 0 Å². The van der Waals surface area contributed by atoms with E-state index in [4.69, 9.17) is 16.6 Å². The summed E-state index contributed by atoms with van der Waals surface area (Å²) in [6.45, 7) is 1.51. The van der Waals surface area contributed by atoms with Crippen LogP contribution in [0.1, 0.15) is 26.2 Å². The molecule has 0 bridgehead atoms. The monoisotopic (exact) mass is 330 g/mol. The van der Waals surface area contributed by atoms with Gasteiger partial charge < -0.3 is 31.9 Å². The van der Waals surface area contributed by atoms with Crippen LogP contribution in [0.2, 0.25) is 0 Å². The van der Waals surface area contributed by atoms with Crippen LogP contribution in [0.25, 0.3) is 0 Å². The molecule has 23 heavy (non-hydrogen) atoms. The minimum atomic E-state index is -1.47. The van der Waals surface area contributed by atoms with Crippen LogP contribution in [0.4, 0.5) is 0 Å². The molecular formula is C13H22N4O6. The number of rotatable bonds is 7. The maximum Gasteiger partial charge on any atom is 0.328 e. The maximum absolute atomic E-state index is 12.2. The third-order valence-corrected chi connectivity index (χ3v) is 3.62. The number of carbonyl (C=O) groups is 4. The highest BCUT2D eigenvalue weighted by molar-refractivity contribution is 5.93. The van der Waals surface area contributed by atoms with Crippen LogP contribution >= 0.6 is 0 Å². The molecule has 1 rings (SSSR count). The van der Waals surface area contributed by atoms with E-state index in [0.717, 1.165) is 0 Å². The Morgan fingerprint density at radius 3 is 2.43 bits per heavy atom. The average Bonchev–Trinajstić information content (AvgIpc) is 2.91. The molecule has 3 amide bonds. The number of nitrogens with two attached hydrogens (primary N) is 2. The Bertz CT molecular complexity index is 495. The number of hydrogen-bond acceptors (Lipinski definition) is 6. The first-order valence-electron chi connectivity index (χ1n) is 7.20. The number of nitrogens with one attached hydrogen (secondary N) is 1. The predicted octanol–water partition coefficient (Wildman–Crippen LogP) is -2.87. The number of hydrogen-bond donors (Lipinski definition) is 5. The zero-order valence-corrected chi connectivity index (χ0v) is 12.8. The van der Waals surface area contributed by atoms with Gasteiger partial charge in [-0.25, -0.2) is 4.79 Å². The second kappa shape index (κ2) is 7.88. The number of amides is 3. The summed E-state index contributed by atoms with van der Waals surface area (Å²) in [4.78, 5) is 47.5. The summed E-state index contributed by atoms with van der Waals surface area (Å²) in [7, 11) is 0. The van der Waals surface area contributed by atoms with Gasteiger partial charge in [-0.1, -0.05) is 0 Å². The van der Waals surface area contributed by atoms with Crippen LogP contribution in [-0.4, -0.2) is 69.6 Å². The molecule has 1 heterocycles. The number of aliphatic hydroxyl groups is 1. The fourth-order valence-corrected chi connectivity index (χ4v) is 2.46. The molecule has 7 N–H and O–H groups in total. The number of nitrogens with zero attached hydrogens (tertiary/aromatic N) is 1. The van der Waals surface area contributed by atoms with E-state index < -0.39 is 47.9 Å². The number of likely N-dealkylation sites (tertiary alicyclic amines) is 1. The molecule has 0 unspecified atom stereocenters. The molecule has 1 aliphatic heterocycles. The molecule has 0 aromatic rings. The average molecular weight is 330 g/mol. The molecule has 0 aromatic carbocycles. The van der Waals surface area contributed by atoms with E-state index in [1.165, 1.54) is 11.8 Å². The second-order valence-corrected chi connectivity index (χ2v) is 5.53. The summed E-state index contributed by atoms with van der Waals surface area (Å²) < 4.78 is 0. The Hall–Kier alpha value is -2.20. The molecule has 0 radical (unpaired) electrons. The van der Waals surface area contributed by atoms with Crippen molar-refractivity contribution in [2.75, 3.05) is 6.54 Å². The van der Waals surface area contributed by atoms with Crippen LogP contribution in [0, 0.1) is 0 Å². The molecule has 4 atom stereocenters. The Labute approximate surface area is 132 Å². The second-order valence-electron chi connectivity index (χ2n) is 5.53. The summed E-state index contributed by atoms with van der Waals surface area (Å²) in [5.74, 6) is -3.39. The summed E-state index contributed by atoms with van der Waals surface area (Å²) in [6.07, 6.45) is -0.749. The number of carboxylic acids is 1. The van der Waals surface area contributed by atoms with Crippen molar-refractivity contribution in [3.05, 3.63) is 0 Å². The van der Waals surface area contributed by atoms with Gasteiger partial charge in [0.2, 0.25) is 17.7 Å². The van der Waals surface area contributed by atoms with Crippen molar-refractivity contribution >= 4 is 23.7 Å². The van der Waals surface area contributed by atoms with Gasteiger partial charge in [-0.05, 0) is 19.8 Å². The Morgan fingerprint density at radius 1 is 1.35 bits per heavy atom. The molecule has 0 aliphatic carbocycles. The van der Waals surface area contributed by atoms with E-state index >= 15 is 0 Å². The van der Waals surface area contributed by atoms with Crippen molar-refractivity contribution < 1.29 is 29.4 Å². The zero-order chi connectivity index (χ0) is 17.7. The van der Waals surface area contributed by atoms with E-state index in [1.54, 1.807) is 0 Å². The molecular weight excluding hydrogens is 308 g/mol. The first kappa shape index (κ1) is 18.8. The molecule has 1 saturated heterocycles. The van der Waals surface area contributed by atoms with Gasteiger partial charge in [0.15, 0.2) is 6.04 Å². The first-order valence-corrected chi connectivity index (χ1v) is 7.20. The predicted molar refractivity (Wildman–Crippen MR) is 77.8 cm³/mol. The van der Waals surface area contributed by atoms with Crippen LogP contribution in [0.3, 0.4) is 0 Å². The largest absolute Gasteiger partial charge is 0.480 e. The van der Waals surface area contributed by atoms with Crippen LogP contribution < -0.4 is 16.8 Å². The highest BCUT2D eigenvalue weighted by atomic mass is 16.4. The number of aliphatic hydroxyl groups excluding tert-OH is 1. The van der Waals surface area contributed by atoms with Crippen molar-refractivity contribution in [1.82, 2.24) is 10.2 Å². The molecule has 1 fully saturated rings. The van der Waals surface area contributed by atoms with Gasteiger partial charge in [0.25, 0.3) is 0 Å². The minimum absolute atomic E-state index is 0.274. The number of primary amides is 1. The van der Waals surface area contributed by atoms with Gasteiger partial charge in [0.05, 0.1) is 18.6 Å². The van der Waals surface area contributed by atoms with Gasteiger partial charge >= 0.3 is 5.97 Å². The fourth-order valence-electron chi connectivity index (χ4n) is 2.46. The zero-order valence-electron chi connectivity index (χ0n) is 12.8. The molecule has 0 spiro atoms. The van der Waals surface area contributed by atoms with E-state index in [2.05, 4.69) is 5.32 Å². The van der Waals surface area contributed by atoms with Crippen LogP contribution in [0.5, 0.6) is 0 Å². The van der Waals surface area contributed by atoms with E-state index in [-0.39, 0.29) is 13.0 Å². The standard InChI is InChI=1S/C13H22N4O6/c1-6(18)10(13(22)23)16-11(20)8-3-2-4-17(8)12(21)7(14)5-9(15)19/h6-8,10,18H,2-5,14H2,1H3,(H2,15,19)(H,16,20)(H,22,23)/t6-,7+,8+,10+/m1/s1. The van der Waals surface area contributed by atoms with E-state index in [1.807, 2.05) is 0 Å². The summed E-state index contributed by atoms with van der Waals surface area (Å²) >= 11 is 0.